The van der Waals surface area contributed by atoms with E-state index in [9.17, 15) is 27.9 Å². The SMILES string of the molecule is CC(C)CC1(O)CCN(C(=O)Nc2cc(C(F)(F)F)c3cn(-c4ccc(C(=O)O)cc4)nc3c2)CC1. The van der Waals surface area contributed by atoms with Crippen molar-refractivity contribution in [2.45, 2.75) is 44.9 Å². The van der Waals surface area contributed by atoms with Crippen molar-refractivity contribution in [3.05, 3.63) is 53.7 Å². The number of fused-ring (bicyclic) bond motifs is 1. The Kier molecular flexibility index (Phi) is 6.70. The standard InChI is InChI=1S/C25H27F3N4O4/c1-15(2)13-24(36)7-9-31(10-8-24)23(35)29-17-11-20(25(26,27)28)19-14-32(30-21(19)12-17)18-5-3-16(4-6-18)22(33)34/h3-6,11-12,14-15,36H,7-10,13H2,1-2H3,(H,29,35)(H,33,34). The monoisotopic (exact) mass is 504 g/mol. The van der Waals surface area contributed by atoms with Crippen LogP contribution < -0.4 is 5.32 Å². The maximum atomic E-state index is 13.9. The van der Waals surface area contributed by atoms with Crippen LogP contribution in [-0.2, 0) is 6.18 Å². The molecule has 1 saturated heterocycles. The third-order valence-electron chi connectivity index (χ3n) is 6.33. The average molecular weight is 505 g/mol. The van der Waals surface area contributed by atoms with Crippen LogP contribution in [0.1, 0.15) is 49.0 Å². The molecule has 1 aliphatic rings. The summed E-state index contributed by atoms with van der Waals surface area (Å²) in [5.41, 5.74) is -1.40. The van der Waals surface area contributed by atoms with Gasteiger partial charge in [0.2, 0.25) is 0 Å². The number of carboxylic acids is 1. The third kappa shape index (κ3) is 5.46. The number of benzene rings is 2. The highest BCUT2D eigenvalue weighted by molar-refractivity contribution is 5.94. The molecule has 0 bridgehead atoms. The van der Waals surface area contributed by atoms with Gasteiger partial charge in [-0.25, -0.2) is 14.3 Å². The maximum absolute atomic E-state index is 13.9. The van der Waals surface area contributed by atoms with Crippen molar-refractivity contribution in [3.8, 4) is 5.69 Å². The van der Waals surface area contributed by atoms with Gasteiger partial charge >= 0.3 is 18.2 Å². The molecule has 0 aliphatic carbocycles. The van der Waals surface area contributed by atoms with Crippen LogP contribution in [0.5, 0.6) is 0 Å². The lowest BCUT2D eigenvalue weighted by Crippen LogP contribution is -2.48. The largest absolute Gasteiger partial charge is 0.478 e. The lowest BCUT2D eigenvalue weighted by molar-refractivity contribution is -0.136. The molecule has 1 aromatic heterocycles. The van der Waals surface area contributed by atoms with Crippen molar-refractivity contribution in [2.75, 3.05) is 18.4 Å². The van der Waals surface area contributed by atoms with Crippen molar-refractivity contribution in [1.82, 2.24) is 14.7 Å². The predicted octanol–water partition coefficient (Wildman–Crippen LogP) is 5.15. The number of rotatable bonds is 5. The van der Waals surface area contributed by atoms with Crippen molar-refractivity contribution in [3.63, 3.8) is 0 Å². The second kappa shape index (κ2) is 9.45. The van der Waals surface area contributed by atoms with Gasteiger partial charge in [-0.1, -0.05) is 13.8 Å². The Labute approximate surface area is 205 Å². The predicted molar refractivity (Wildman–Crippen MR) is 127 cm³/mol. The Morgan fingerprint density at radius 1 is 1.14 bits per heavy atom. The van der Waals surface area contributed by atoms with Crippen LogP contribution in [0.25, 0.3) is 16.6 Å². The van der Waals surface area contributed by atoms with E-state index in [1.807, 2.05) is 13.8 Å². The first kappa shape index (κ1) is 25.5. The highest BCUT2D eigenvalue weighted by Gasteiger charge is 2.36. The fraction of sp³-hybridized carbons (Fsp3) is 0.400. The van der Waals surface area contributed by atoms with Gasteiger partial charge in [0.15, 0.2) is 0 Å². The van der Waals surface area contributed by atoms with Crippen LogP contribution >= 0.6 is 0 Å². The number of carbonyl (C=O) groups excluding carboxylic acids is 1. The summed E-state index contributed by atoms with van der Waals surface area (Å²) in [6.45, 7) is 4.62. The Morgan fingerprint density at radius 2 is 1.78 bits per heavy atom. The molecule has 3 N–H and O–H groups in total. The Bertz CT molecular complexity index is 1280. The van der Waals surface area contributed by atoms with E-state index in [-0.39, 0.29) is 22.2 Å². The smallest absolute Gasteiger partial charge is 0.417 e. The number of anilines is 1. The summed E-state index contributed by atoms with van der Waals surface area (Å²) in [4.78, 5) is 25.3. The molecule has 11 heteroatoms. The second-order valence-electron chi connectivity index (χ2n) is 9.62. The quantitative estimate of drug-likeness (QED) is 0.446. The summed E-state index contributed by atoms with van der Waals surface area (Å²) in [5, 5.41) is 26.4. The summed E-state index contributed by atoms with van der Waals surface area (Å²) in [7, 11) is 0. The summed E-state index contributed by atoms with van der Waals surface area (Å²) < 4.78 is 42.9. The van der Waals surface area contributed by atoms with Gasteiger partial charge in [-0.15, -0.1) is 0 Å². The number of urea groups is 1. The molecule has 2 heterocycles. The van der Waals surface area contributed by atoms with Crippen LogP contribution in [0.4, 0.5) is 23.7 Å². The fourth-order valence-electron chi connectivity index (χ4n) is 4.61. The van der Waals surface area contributed by atoms with Gasteiger partial charge in [0.05, 0.1) is 27.9 Å². The summed E-state index contributed by atoms with van der Waals surface area (Å²) >= 11 is 0. The molecule has 0 spiro atoms. The van der Waals surface area contributed by atoms with Crippen molar-refractivity contribution in [2.24, 2.45) is 5.92 Å². The van der Waals surface area contributed by atoms with Crippen LogP contribution in [0.3, 0.4) is 0 Å². The molecular weight excluding hydrogens is 477 g/mol. The first-order valence-electron chi connectivity index (χ1n) is 11.6. The molecule has 1 aliphatic heterocycles. The molecule has 2 amide bonds. The molecule has 192 valence electrons. The van der Waals surface area contributed by atoms with Crippen LogP contribution in [0.15, 0.2) is 42.6 Å². The molecule has 1 fully saturated rings. The topological polar surface area (TPSA) is 108 Å². The number of halogens is 3. The number of amides is 2. The molecule has 0 atom stereocenters. The lowest BCUT2D eigenvalue weighted by atomic mass is 9.84. The Balaban J connectivity index is 1.58. The molecule has 3 aromatic rings. The molecule has 36 heavy (non-hydrogen) atoms. The van der Waals surface area contributed by atoms with E-state index in [4.69, 9.17) is 5.11 Å². The number of hydrogen-bond acceptors (Lipinski definition) is 4. The van der Waals surface area contributed by atoms with Gasteiger partial charge in [0.1, 0.15) is 0 Å². The minimum atomic E-state index is -4.70. The van der Waals surface area contributed by atoms with Gasteiger partial charge in [0.25, 0.3) is 0 Å². The van der Waals surface area contributed by atoms with E-state index in [0.29, 0.717) is 44.0 Å². The van der Waals surface area contributed by atoms with Gasteiger partial charge in [-0.3, -0.25) is 0 Å². The molecule has 2 aromatic carbocycles. The molecule has 4 rings (SSSR count). The van der Waals surface area contributed by atoms with Gasteiger partial charge in [0, 0.05) is 30.4 Å². The first-order chi connectivity index (χ1) is 16.8. The van der Waals surface area contributed by atoms with E-state index >= 15 is 0 Å². The molecular formula is C25H27F3N4O4. The van der Waals surface area contributed by atoms with Crippen LogP contribution in [0.2, 0.25) is 0 Å². The molecule has 0 radical (unpaired) electrons. The second-order valence-corrected chi connectivity index (χ2v) is 9.62. The molecule has 8 nitrogen and oxygen atoms in total. The minimum Gasteiger partial charge on any atom is -0.478 e. The summed E-state index contributed by atoms with van der Waals surface area (Å²) in [6.07, 6.45) is -2.05. The minimum absolute atomic E-state index is 0.0207. The first-order valence-corrected chi connectivity index (χ1v) is 11.6. The van der Waals surface area contributed by atoms with E-state index in [1.165, 1.54) is 46.1 Å². The van der Waals surface area contributed by atoms with Crippen molar-refractivity contribution in [1.29, 1.82) is 0 Å². The normalized spacial score (nSPS) is 15.9. The number of piperidine rings is 1. The Morgan fingerprint density at radius 3 is 2.33 bits per heavy atom. The average Bonchev–Trinajstić information content (AvgIpc) is 3.21. The van der Waals surface area contributed by atoms with E-state index in [0.717, 1.165) is 6.07 Å². The number of hydrogen-bond donors (Lipinski definition) is 3. The van der Waals surface area contributed by atoms with E-state index < -0.39 is 29.3 Å². The number of likely N-dealkylation sites (tertiary alicyclic amines) is 1. The number of carboxylic acid groups (broad SMARTS) is 1. The molecule has 0 unspecified atom stereocenters. The fourth-order valence-corrected chi connectivity index (χ4v) is 4.61. The van der Waals surface area contributed by atoms with Crippen molar-refractivity contribution < 1.29 is 33.0 Å². The summed E-state index contributed by atoms with van der Waals surface area (Å²) in [5.74, 6) is -0.817. The number of aromatic nitrogens is 2. The third-order valence-corrected chi connectivity index (χ3v) is 6.33. The number of nitrogens with one attached hydrogen (secondary N) is 1. The van der Waals surface area contributed by atoms with Crippen molar-refractivity contribution >= 4 is 28.6 Å². The zero-order valence-corrected chi connectivity index (χ0v) is 19.8. The van der Waals surface area contributed by atoms with Gasteiger partial charge in [-0.05, 0) is 61.6 Å². The van der Waals surface area contributed by atoms with Crippen LogP contribution in [-0.4, -0.2) is 55.6 Å². The van der Waals surface area contributed by atoms with Gasteiger partial charge < -0.3 is 20.4 Å². The highest BCUT2D eigenvalue weighted by atomic mass is 19.4. The van der Waals surface area contributed by atoms with Crippen LogP contribution in [0, 0.1) is 5.92 Å². The Hall–Kier alpha value is -3.60. The van der Waals surface area contributed by atoms with E-state index in [2.05, 4.69) is 10.4 Å². The number of aliphatic hydroxyl groups is 1. The highest BCUT2D eigenvalue weighted by Crippen LogP contribution is 2.37. The maximum Gasteiger partial charge on any atom is 0.417 e. The van der Waals surface area contributed by atoms with Gasteiger partial charge in [-0.2, -0.15) is 18.3 Å². The summed E-state index contributed by atoms with van der Waals surface area (Å²) in [6, 6.07) is 7.26. The number of carbonyl (C=O) groups is 2. The molecule has 0 saturated carbocycles. The zero-order chi connectivity index (χ0) is 26.3. The zero-order valence-electron chi connectivity index (χ0n) is 19.8. The number of nitrogens with zero attached hydrogens (tertiary/aromatic N) is 3. The lowest BCUT2D eigenvalue weighted by Gasteiger charge is -2.39. The number of aromatic carboxylic acids is 1. The number of alkyl halides is 3. The van der Waals surface area contributed by atoms with E-state index in [1.54, 1.807) is 0 Å².